The molecule has 4 heteroatoms. The molecular formula is C17H27N3O. The zero-order valence-electron chi connectivity index (χ0n) is 13.2. The zero-order chi connectivity index (χ0) is 15.2. The third-order valence-corrected chi connectivity index (χ3v) is 4.33. The fourth-order valence-corrected chi connectivity index (χ4v) is 3.07. The monoisotopic (exact) mass is 289 g/mol. The summed E-state index contributed by atoms with van der Waals surface area (Å²) in [4.78, 5) is 14.1. The van der Waals surface area contributed by atoms with Crippen LogP contribution in [0.25, 0.3) is 0 Å². The first kappa shape index (κ1) is 15.7. The minimum atomic E-state index is -0.0252. The van der Waals surface area contributed by atoms with Crippen LogP contribution < -0.4 is 16.0 Å². The van der Waals surface area contributed by atoms with Crippen molar-refractivity contribution in [3.8, 4) is 0 Å². The highest BCUT2D eigenvalue weighted by atomic mass is 16.1. The van der Waals surface area contributed by atoms with Crippen LogP contribution >= 0.6 is 0 Å². The van der Waals surface area contributed by atoms with E-state index in [1.807, 2.05) is 31.1 Å². The molecule has 1 aliphatic rings. The summed E-state index contributed by atoms with van der Waals surface area (Å²) in [6, 6.07) is 5.48. The summed E-state index contributed by atoms with van der Waals surface area (Å²) in [5, 5.41) is 3.01. The highest BCUT2D eigenvalue weighted by Gasteiger charge is 2.14. The lowest BCUT2D eigenvalue weighted by molar-refractivity contribution is 0.0950. The second kappa shape index (κ2) is 7.34. The van der Waals surface area contributed by atoms with E-state index in [-0.39, 0.29) is 5.91 Å². The van der Waals surface area contributed by atoms with E-state index in [4.69, 9.17) is 5.73 Å². The number of carbonyl (C=O) groups is 1. The molecule has 1 saturated carbocycles. The molecule has 21 heavy (non-hydrogen) atoms. The SMILES string of the molecule is CN(C)c1ccc(C(=O)NCCC2CCCCC2)cc1N. The zero-order valence-corrected chi connectivity index (χ0v) is 13.2. The molecule has 0 radical (unpaired) electrons. The Labute approximate surface area is 127 Å². The van der Waals surface area contributed by atoms with E-state index in [1.165, 1.54) is 32.1 Å². The number of nitrogens with zero attached hydrogens (tertiary/aromatic N) is 1. The van der Waals surface area contributed by atoms with E-state index >= 15 is 0 Å². The van der Waals surface area contributed by atoms with Gasteiger partial charge in [0.15, 0.2) is 0 Å². The van der Waals surface area contributed by atoms with E-state index in [0.717, 1.165) is 24.6 Å². The van der Waals surface area contributed by atoms with Gasteiger partial charge in [-0.2, -0.15) is 0 Å². The van der Waals surface area contributed by atoms with Crippen molar-refractivity contribution < 1.29 is 4.79 Å². The first-order chi connectivity index (χ1) is 10.1. The Morgan fingerprint density at radius 1 is 1.29 bits per heavy atom. The van der Waals surface area contributed by atoms with Gasteiger partial charge in [-0.05, 0) is 30.5 Å². The lowest BCUT2D eigenvalue weighted by Crippen LogP contribution is -2.26. The predicted molar refractivity (Wildman–Crippen MR) is 88.7 cm³/mol. The fraction of sp³-hybridized carbons (Fsp3) is 0.588. The molecule has 4 nitrogen and oxygen atoms in total. The Kier molecular flexibility index (Phi) is 5.48. The van der Waals surface area contributed by atoms with Gasteiger partial charge >= 0.3 is 0 Å². The van der Waals surface area contributed by atoms with Crippen molar-refractivity contribution in [1.82, 2.24) is 5.32 Å². The molecule has 0 aliphatic heterocycles. The smallest absolute Gasteiger partial charge is 0.251 e. The van der Waals surface area contributed by atoms with Crippen LogP contribution in [0.2, 0.25) is 0 Å². The van der Waals surface area contributed by atoms with Gasteiger partial charge in [0, 0.05) is 26.2 Å². The Balaban J connectivity index is 1.84. The summed E-state index contributed by atoms with van der Waals surface area (Å²) in [6.07, 6.45) is 7.81. The lowest BCUT2D eigenvalue weighted by Gasteiger charge is -2.21. The van der Waals surface area contributed by atoms with Crippen LogP contribution in [0.5, 0.6) is 0 Å². The van der Waals surface area contributed by atoms with Crippen LogP contribution in [0, 0.1) is 5.92 Å². The summed E-state index contributed by atoms with van der Waals surface area (Å²) in [5.41, 5.74) is 8.20. The van der Waals surface area contributed by atoms with E-state index < -0.39 is 0 Å². The molecule has 0 heterocycles. The van der Waals surface area contributed by atoms with Gasteiger partial charge in [-0.3, -0.25) is 4.79 Å². The number of rotatable bonds is 5. The number of nitrogens with one attached hydrogen (secondary N) is 1. The second-order valence-corrected chi connectivity index (χ2v) is 6.22. The number of nitrogen functional groups attached to an aromatic ring is 1. The molecule has 1 fully saturated rings. The molecule has 2 rings (SSSR count). The van der Waals surface area contributed by atoms with Crippen LogP contribution in [0.15, 0.2) is 18.2 Å². The number of anilines is 2. The third kappa shape index (κ3) is 4.38. The number of hydrogen-bond donors (Lipinski definition) is 2. The van der Waals surface area contributed by atoms with Gasteiger partial charge in [-0.1, -0.05) is 32.1 Å². The Morgan fingerprint density at radius 3 is 2.62 bits per heavy atom. The van der Waals surface area contributed by atoms with E-state index in [0.29, 0.717) is 11.3 Å². The van der Waals surface area contributed by atoms with Crippen molar-refractivity contribution in [2.75, 3.05) is 31.3 Å². The van der Waals surface area contributed by atoms with Crippen molar-refractivity contribution in [3.05, 3.63) is 23.8 Å². The molecule has 0 atom stereocenters. The number of hydrogen-bond acceptors (Lipinski definition) is 3. The van der Waals surface area contributed by atoms with Crippen LogP contribution in [0.3, 0.4) is 0 Å². The molecule has 0 spiro atoms. The van der Waals surface area contributed by atoms with Gasteiger partial charge < -0.3 is 16.0 Å². The van der Waals surface area contributed by atoms with Crippen molar-refractivity contribution in [3.63, 3.8) is 0 Å². The number of amides is 1. The summed E-state index contributed by atoms with van der Waals surface area (Å²) < 4.78 is 0. The summed E-state index contributed by atoms with van der Waals surface area (Å²) >= 11 is 0. The van der Waals surface area contributed by atoms with Crippen molar-refractivity contribution in [2.24, 2.45) is 5.92 Å². The van der Waals surface area contributed by atoms with Gasteiger partial charge in [-0.15, -0.1) is 0 Å². The van der Waals surface area contributed by atoms with E-state index in [2.05, 4.69) is 5.32 Å². The quantitative estimate of drug-likeness (QED) is 0.819. The molecule has 0 saturated heterocycles. The Morgan fingerprint density at radius 2 is 2.00 bits per heavy atom. The van der Waals surface area contributed by atoms with E-state index in [9.17, 15) is 4.79 Å². The first-order valence-electron chi connectivity index (χ1n) is 7.93. The maximum Gasteiger partial charge on any atom is 0.251 e. The largest absolute Gasteiger partial charge is 0.397 e. The molecule has 1 aromatic rings. The van der Waals surface area contributed by atoms with Gasteiger partial charge in [0.05, 0.1) is 11.4 Å². The topological polar surface area (TPSA) is 58.4 Å². The van der Waals surface area contributed by atoms with Crippen LogP contribution in [0.4, 0.5) is 11.4 Å². The fourth-order valence-electron chi connectivity index (χ4n) is 3.07. The average molecular weight is 289 g/mol. The number of carbonyl (C=O) groups excluding carboxylic acids is 1. The maximum atomic E-state index is 12.1. The molecule has 0 aromatic heterocycles. The Bertz CT molecular complexity index is 479. The van der Waals surface area contributed by atoms with Crippen LogP contribution in [-0.4, -0.2) is 26.5 Å². The summed E-state index contributed by atoms with van der Waals surface area (Å²) in [7, 11) is 3.88. The third-order valence-electron chi connectivity index (χ3n) is 4.33. The minimum absolute atomic E-state index is 0.0252. The molecule has 1 aliphatic carbocycles. The highest BCUT2D eigenvalue weighted by Crippen LogP contribution is 2.26. The number of benzene rings is 1. The lowest BCUT2D eigenvalue weighted by atomic mass is 9.87. The van der Waals surface area contributed by atoms with Crippen molar-refractivity contribution >= 4 is 17.3 Å². The van der Waals surface area contributed by atoms with Gasteiger partial charge in [-0.25, -0.2) is 0 Å². The van der Waals surface area contributed by atoms with Crippen LogP contribution in [0.1, 0.15) is 48.9 Å². The molecule has 0 bridgehead atoms. The van der Waals surface area contributed by atoms with Crippen LogP contribution in [-0.2, 0) is 0 Å². The van der Waals surface area contributed by atoms with Gasteiger partial charge in [0.2, 0.25) is 0 Å². The molecule has 116 valence electrons. The highest BCUT2D eigenvalue weighted by molar-refractivity contribution is 5.96. The second-order valence-electron chi connectivity index (χ2n) is 6.22. The maximum absolute atomic E-state index is 12.1. The van der Waals surface area contributed by atoms with Crippen molar-refractivity contribution in [2.45, 2.75) is 38.5 Å². The molecular weight excluding hydrogens is 262 g/mol. The van der Waals surface area contributed by atoms with Gasteiger partial charge in [0.1, 0.15) is 0 Å². The normalized spacial score (nSPS) is 15.7. The molecule has 0 unspecified atom stereocenters. The summed E-state index contributed by atoms with van der Waals surface area (Å²) in [6.45, 7) is 0.763. The number of nitrogens with two attached hydrogens (primary N) is 1. The average Bonchev–Trinajstić information content (AvgIpc) is 2.47. The minimum Gasteiger partial charge on any atom is -0.397 e. The molecule has 3 N–H and O–H groups in total. The van der Waals surface area contributed by atoms with E-state index in [1.54, 1.807) is 6.07 Å². The Hall–Kier alpha value is -1.71. The first-order valence-corrected chi connectivity index (χ1v) is 7.93. The molecule has 1 amide bonds. The van der Waals surface area contributed by atoms with Gasteiger partial charge in [0.25, 0.3) is 5.91 Å². The predicted octanol–water partition coefficient (Wildman–Crippen LogP) is 3.04. The standard InChI is InChI=1S/C17H27N3O/c1-20(2)16-9-8-14(12-15(16)18)17(21)19-11-10-13-6-4-3-5-7-13/h8-9,12-13H,3-7,10-11,18H2,1-2H3,(H,19,21). The van der Waals surface area contributed by atoms with Crippen molar-refractivity contribution in [1.29, 1.82) is 0 Å². The molecule has 1 aromatic carbocycles. The summed E-state index contributed by atoms with van der Waals surface area (Å²) in [5.74, 6) is 0.767.